The number of hydrogen-bond acceptors (Lipinski definition) is 2. The van der Waals surface area contributed by atoms with Gasteiger partial charge in [0.1, 0.15) is 11.5 Å². The van der Waals surface area contributed by atoms with Gasteiger partial charge in [0, 0.05) is 0 Å². The van der Waals surface area contributed by atoms with E-state index in [9.17, 15) is 4.79 Å². The molecule has 1 heterocycles. The van der Waals surface area contributed by atoms with Gasteiger partial charge in [-0.15, -0.1) is 13.2 Å². The molecule has 0 saturated carbocycles. The van der Waals surface area contributed by atoms with Gasteiger partial charge in [-0.05, 0) is 6.92 Å². The minimum absolute atomic E-state index is 0.102. The van der Waals surface area contributed by atoms with Crippen molar-refractivity contribution in [3.63, 3.8) is 0 Å². The van der Waals surface area contributed by atoms with Crippen LogP contribution in [0, 0.1) is 5.41 Å². The lowest BCUT2D eigenvalue weighted by Gasteiger charge is -2.40. The Morgan fingerprint density at radius 1 is 1.60 bits per heavy atom. The molecule has 0 radical (unpaired) electrons. The Kier molecular flexibility index (Phi) is 1.39. The fourth-order valence-corrected chi connectivity index (χ4v) is 1.05. The van der Waals surface area contributed by atoms with Crippen molar-refractivity contribution in [3.05, 3.63) is 25.3 Å². The maximum absolute atomic E-state index is 10.9. The molecule has 0 aromatic heterocycles. The minimum atomic E-state index is -0.611. The summed E-state index contributed by atoms with van der Waals surface area (Å²) in [4.78, 5) is 10.9. The average molecular weight is 138 g/mol. The Morgan fingerprint density at radius 3 is 2.20 bits per heavy atom. The lowest BCUT2D eigenvalue weighted by atomic mass is 9.78. The molecule has 1 aliphatic rings. The first kappa shape index (κ1) is 7.06. The molecule has 1 aliphatic heterocycles. The topological polar surface area (TPSA) is 26.3 Å². The second-order valence-corrected chi connectivity index (χ2v) is 2.39. The van der Waals surface area contributed by atoms with Crippen molar-refractivity contribution >= 4 is 5.97 Å². The van der Waals surface area contributed by atoms with E-state index in [1.807, 2.05) is 6.92 Å². The molecule has 0 N–H and O–H groups in total. The van der Waals surface area contributed by atoms with Gasteiger partial charge in [0.25, 0.3) is 0 Å². The van der Waals surface area contributed by atoms with Gasteiger partial charge >= 0.3 is 5.97 Å². The number of rotatable bonds is 2. The van der Waals surface area contributed by atoms with Crippen LogP contribution >= 0.6 is 0 Å². The van der Waals surface area contributed by atoms with Crippen LogP contribution in [0.15, 0.2) is 25.3 Å². The predicted octanol–water partition coefficient (Wildman–Crippen LogP) is 1.29. The summed E-state index contributed by atoms with van der Waals surface area (Å²) < 4.78 is 4.76. The summed E-state index contributed by atoms with van der Waals surface area (Å²) in [5.74, 6) is -0.245. The normalized spacial score (nSPS) is 28.1. The summed E-state index contributed by atoms with van der Waals surface area (Å²) >= 11 is 0. The predicted molar refractivity (Wildman–Crippen MR) is 38.4 cm³/mol. The van der Waals surface area contributed by atoms with Crippen LogP contribution in [0.4, 0.5) is 0 Å². The molecule has 1 unspecified atom stereocenters. The van der Waals surface area contributed by atoms with Crippen LogP contribution in [0.3, 0.4) is 0 Å². The van der Waals surface area contributed by atoms with Crippen molar-refractivity contribution < 1.29 is 9.53 Å². The molecule has 1 fully saturated rings. The van der Waals surface area contributed by atoms with Gasteiger partial charge in [0.05, 0.1) is 0 Å². The monoisotopic (exact) mass is 138 g/mol. The maximum atomic E-state index is 10.9. The third-order valence-electron chi connectivity index (χ3n) is 1.99. The van der Waals surface area contributed by atoms with Gasteiger partial charge in [-0.3, -0.25) is 4.79 Å². The van der Waals surface area contributed by atoms with Gasteiger partial charge in [0.2, 0.25) is 0 Å². The molecule has 2 heteroatoms. The smallest absolute Gasteiger partial charge is 0.323 e. The largest absolute Gasteiger partial charge is 0.460 e. The zero-order valence-electron chi connectivity index (χ0n) is 5.96. The van der Waals surface area contributed by atoms with Crippen molar-refractivity contribution in [1.82, 2.24) is 0 Å². The third kappa shape index (κ3) is 0.561. The summed E-state index contributed by atoms with van der Waals surface area (Å²) in [5.41, 5.74) is -0.611. The first-order valence-corrected chi connectivity index (χ1v) is 3.15. The van der Waals surface area contributed by atoms with E-state index < -0.39 is 5.41 Å². The molecule has 10 heavy (non-hydrogen) atoms. The van der Waals surface area contributed by atoms with E-state index in [1.165, 1.54) is 0 Å². The average Bonchev–Trinajstić information content (AvgIpc) is 1.91. The van der Waals surface area contributed by atoms with E-state index in [1.54, 1.807) is 12.2 Å². The molecule has 0 amide bonds. The van der Waals surface area contributed by atoms with Crippen molar-refractivity contribution in [3.8, 4) is 0 Å². The standard InChI is InChI=1S/C8H10O2/c1-4-8(5-2)6(3)10-7(8)9/h4-6H,1-2H2,3H3. The second kappa shape index (κ2) is 1.97. The number of cyclic esters (lactones) is 1. The molecule has 1 saturated heterocycles. The summed E-state index contributed by atoms with van der Waals surface area (Å²) in [6.45, 7) is 8.93. The molecule has 0 spiro atoms. The number of carbonyl (C=O) groups is 1. The Morgan fingerprint density at radius 2 is 2.10 bits per heavy atom. The van der Waals surface area contributed by atoms with Crippen LogP contribution in [0.1, 0.15) is 6.92 Å². The van der Waals surface area contributed by atoms with Crippen molar-refractivity contribution in [1.29, 1.82) is 0 Å². The van der Waals surface area contributed by atoms with Gasteiger partial charge in [-0.2, -0.15) is 0 Å². The first-order chi connectivity index (χ1) is 4.67. The van der Waals surface area contributed by atoms with Gasteiger partial charge in [-0.1, -0.05) is 12.2 Å². The summed E-state index contributed by atoms with van der Waals surface area (Å²) in [6.07, 6.45) is 3.06. The van der Waals surface area contributed by atoms with Crippen LogP contribution in [0.2, 0.25) is 0 Å². The molecule has 0 aromatic carbocycles. The Bertz CT molecular complexity index is 185. The first-order valence-electron chi connectivity index (χ1n) is 3.15. The van der Waals surface area contributed by atoms with Crippen molar-refractivity contribution in [2.24, 2.45) is 5.41 Å². The number of hydrogen-bond donors (Lipinski definition) is 0. The summed E-state index contributed by atoms with van der Waals surface area (Å²) in [5, 5.41) is 0. The van der Waals surface area contributed by atoms with E-state index in [0.29, 0.717) is 0 Å². The highest BCUT2D eigenvalue weighted by Crippen LogP contribution is 2.38. The van der Waals surface area contributed by atoms with Crippen molar-refractivity contribution in [2.45, 2.75) is 13.0 Å². The molecule has 0 aliphatic carbocycles. The van der Waals surface area contributed by atoms with E-state index in [4.69, 9.17) is 4.74 Å². The SMILES string of the molecule is C=CC1(C=C)C(=O)OC1C. The fourth-order valence-electron chi connectivity index (χ4n) is 1.05. The Balaban J connectivity index is 2.91. The molecule has 1 atom stereocenters. The molecular weight excluding hydrogens is 128 g/mol. The van der Waals surface area contributed by atoms with E-state index in [-0.39, 0.29) is 12.1 Å². The van der Waals surface area contributed by atoms with Crippen LogP contribution in [-0.2, 0) is 9.53 Å². The van der Waals surface area contributed by atoms with Gasteiger partial charge in [-0.25, -0.2) is 0 Å². The number of esters is 1. The molecule has 0 aromatic rings. The number of ether oxygens (including phenoxy) is 1. The maximum Gasteiger partial charge on any atom is 0.323 e. The number of carbonyl (C=O) groups excluding carboxylic acids is 1. The van der Waals surface area contributed by atoms with Gasteiger partial charge in [0.15, 0.2) is 0 Å². The fraction of sp³-hybridized carbons (Fsp3) is 0.375. The molecular formula is C8H10O2. The van der Waals surface area contributed by atoms with Crippen LogP contribution in [0.5, 0.6) is 0 Å². The van der Waals surface area contributed by atoms with Crippen LogP contribution < -0.4 is 0 Å². The Labute approximate surface area is 60.2 Å². The Hall–Kier alpha value is -1.05. The summed E-state index contributed by atoms with van der Waals surface area (Å²) in [6, 6.07) is 0. The lowest BCUT2D eigenvalue weighted by molar-refractivity contribution is -0.187. The van der Waals surface area contributed by atoms with Crippen LogP contribution in [0.25, 0.3) is 0 Å². The van der Waals surface area contributed by atoms with E-state index >= 15 is 0 Å². The summed E-state index contributed by atoms with van der Waals surface area (Å²) in [7, 11) is 0. The second-order valence-electron chi connectivity index (χ2n) is 2.39. The highest BCUT2D eigenvalue weighted by atomic mass is 16.6. The highest BCUT2D eigenvalue weighted by Gasteiger charge is 2.51. The molecule has 54 valence electrons. The van der Waals surface area contributed by atoms with E-state index in [0.717, 1.165) is 0 Å². The molecule has 1 rings (SSSR count). The lowest BCUT2D eigenvalue weighted by Crippen LogP contribution is -2.52. The van der Waals surface area contributed by atoms with Crippen molar-refractivity contribution in [2.75, 3.05) is 0 Å². The zero-order valence-corrected chi connectivity index (χ0v) is 5.96. The highest BCUT2D eigenvalue weighted by molar-refractivity contribution is 5.87. The molecule has 2 nitrogen and oxygen atoms in total. The third-order valence-corrected chi connectivity index (χ3v) is 1.99. The van der Waals surface area contributed by atoms with Crippen LogP contribution in [-0.4, -0.2) is 12.1 Å². The minimum Gasteiger partial charge on any atom is -0.460 e. The van der Waals surface area contributed by atoms with E-state index in [2.05, 4.69) is 13.2 Å². The van der Waals surface area contributed by atoms with Gasteiger partial charge < -0.3 is 4.74 Å². The zero-order chi connectivity index (χ0) is 7.78. The molecule has 0 bridgehead atoms. The quantitative estimate of drug-likeness (QED) is 0.424.